The average molecular weight is 1730 g/mol. The first-order chi connectivity index (χ1) is 67.3. The maximum absolute atomic E-state index is 7.02. The van der Waals surface area contributed by atoms with E-state index in [4.69, 9.17) is 28.8 Å². The van der Waals surface area contributed by atoms with Crippen molar-refractivity contribution in [3.05, 3.63) is 518 Å². The summed E-state index contributed by atoms with van der Waals surface area (Å²) in [4.78, 5) is 22.9. The van der Waals surface area contributed by atoms with E-state index < -0.39 is 10.8 Å². The zero-order chi connectivity index (χ0) is 89.3. The predicted octanol–water partition coefficient (Wildman–Crippen LogP) is 33.4. The molecular weight excluding hydrogens is 1650 g/mol. The summed E-state index contributed by atoms with van der Waals surface area (Å²) in [5.41, 5.74) is 45.8. The van der Waals surface area contributed by atoms with Gasteiger partial charge in [-0.2, -0.15) is 0 Å². The van der Waals surface area contributed by atoms with Crippen LogP contribution in [0.5, 0.6) is 0 Å². The van der Waals surface area contributed by atoms with Crippen molar-refractivity contribution in [2.24, 2.45) is 0 Å². The lowest BCUT2D eigenvalue weighted by Gasteiger charge is -2.35. The molecule has 630 valence electrons. The van der Waals surface area contributed by atoms with Crippen LogP contribution in [-0.2, 0) is 10.8 Å². The molecule has 0 saturated heterocycles. The Balaban J connectivity index is 0.578. The number of hydrogen-bond acceptors (Lipinski definition) is 6. The number of aromatic nitrogens is 4. The number of furan rings is 2. The van der Waals surface area contributed by atoms with Crippen LogP contribution in [0.1, 0.15) is 44.5 Å². The first kappa shape index (κ1) is 77.0. The molecule has 6 heteroatoms. The van der Waals surface area contributed by atoms with E-state index >= 15 is 0 Å². The van der Waals surface area contributed by atoms with Gasteiger partial charge < -0.3 is 8.83 Å². The molecule has 2 spiro atoms. The number of nitrogens with zero attached hydrogens (tertiary/aromatic N) is 4. The van der Waals surface area contributed by atoms with Crippen molar-refractivity contribution in [1.29, 1.82) is 0 Å². The monoisotopic (exact) mass is 1730 g/mol. The Kier molecular flexibility index (Phi) is 17.2. The normalized spacial score (nSPS) is 13.0. The van der Waals surface area contributed by atoms with Gasteiger partial charge in [0.25, 0.3) is 0 Å². The first-order valence-corrected chi connectivity index (χ1v) is 46.7. The summed E-state index contributed by atoms with van der Waals surface area (Å²) in [5.74, 6) is 1.21. The van der Waals surface area contributed by atoms with Gasteiger partial charge in [0.15, 0.2) is 11.6 Å². The zero-order valence-corrected chi connectivity index (χ0v) is 73.6. The molecular formula is C130H78N4O2. The summed E-state index contributed by atoms with van der Waals surface area (Å²) in [6.07, 6.45) is 0. The summed E-state index contributed by atoms with van der Waals surface area (Å²) in [6, 6.07) is 173. The standard InChI is InChI=1S/C130H78N4O2/c1-4-29-79(30-5-1)89-66-90(80-31-6-2-7-32-80)69-93(68-89)127-131-119(85-57-62-117-108(72-85)97-39-12-10-37-95(97)99-41-14-21-48-111(99)129(117)113-50-23-16-43-101(113)102-44-17-24-51-114(102)129)77-121(133-127)87-59-64-124-110(74-87)107-60-55-84(75-125(107)136-124)82-35-28-36-83(65-82)92-67-91(81-33-8-3-9-34-81)70-94(71-92)128-132-120(78-122(134-128)88-56-61-106-105-47-20-27-54-123(105)135-126(106)76-88)86-58-63-118-109(73-86)98-40-13-11-38-96(98)100-42-15-22-49-112(100)130(118)115-52-25-18-45-103(115)104-46-19-26-53-116(104)130/h1-78H. The fraction of sp³-hybridized carbons (Fsp3) is 0.0154. The minimum atomic E-state index is -0.635. The Morgan fingerprint density at radius 1 is 0.132 bits per heavy atom. The van der Waals surface area contributed by atoms with Crippen LogP contribution in [0.15, 0.2) is 482 Å². The molecule has 6 nitrogen and oxygen atoms in total. The minimum Gasteiger partial charge on any atom is -0.456 e. The van der Waals surface area contributed by atoms with Crippen molar-refractivity contribution in [2.75, 3.05) is 0 Å². The lowest BCUT2D eigenvalue weighted by atomic mass is 9.66. The number of rotatable bonds is 11. The third-order valence-electron chi connectivity index (χ3n) is 29.1. The molecule has 20 aromatic carbocycles. The Labute approximate surface area is 785 Å². The Bertz CT molecular complexity index is 8990. The summed E-state index contributed by atoms with van der Waals surface area (Å²) < 4.78 is 13.7. The van der Waals surface area contributed by atoms with Crippen LogP contribution in [-0.4, -0.2) is 19.9 Å². The van der Waals surface area contributed by atoms with Crippen LogP contribution in [0.2, 0.25) is 0 Å². The van der Waals surface area contributed by atoms with Crippen LogP contribution >= 0.6 is 0 Å². The number of hydrogen-bond donors (Lipinski definition) is 0. The van der Waals surface area contributed by atoms with Crippen molar-refractivity contribution >= 4 is 43.9 Å². The molecule has 0 unspecified atom stereocenters. The van der Waals surface area contributed by atoms with Crippen molar-refractivity contribution in [3.63, 3.8) is 0 Å². The van der Waals surface area contributed by atoms with E-state index in [1.807, 2.05) is 12.1 Å². The van der Waals surface area contributed by atoms with E-state index in [2.05, 4.69) is 461 Å². The van der Waals surface area contributed by atoms with E-state index in [-0.39, 0.29) is 0 Å². The highest BCUT2D eigenvalue weighted by molar-refractivity contribution is 6.09. The predicted molar refractivity (Wildman–Crippen MR) is 555 cm³/mol. The first-order valence-electron chi connectivity index (χ1n) is 46.7. The summed E-state index contributed by atoms with van der Waals surface area (Å²) in [6.45, 7) is 0. The number of para-hydroxylation sites is 1. The van der Waals surface area contributed by atoms with E-state index in [9.17, 15) is 0 Å². The number of benzene rings is 20. The van der Waals surface area contributed by atoms with Crippen LogP contribution < -0.4 is 0 Å². The molecule has 0 aliphatic heterocycles. The smallest absolute Gasteiger partial charge is 0.160 e. The molecule has 4 aliphatic carbocycles. The molecule has 0 radical (unpaired) electrons. The van der Waals surface area contributed by atoms with Gasteiger partial charge in [-0.05, 0) is 282 Å². The highest BCUT2D eigenvalue weighted by Crippen LogP contribution is 2.64. The Morgan fingerprint density at radius 3 is 0.816 bits per heavy atom. The quantitative estimate of drug-likeness (QED) is 0.128. The van der Waals surface area contributed by atoms with Gasteiger partial charge in [0.1, 0.15) is 22.3 Å². The van der Waals surface area contributed by atoms with Crippen LogP contribution in [0, 0.1) is 0 Å². The SMILES string of the molecule is c1ccc(-c2cc(-c3cccc(-c4ccc5c(c4)oc4ccc(-c6cc(-c7ccc8c(c7)-c7ccccc7-c7ccccc7C87c8ccccc8-c8ccccc87)nc(-c7cc(-c8ccccc8)cc(-c8ccccc8)c7)n6)cc45)c3)cc(-c3nc(-c4ccc5c(c4)-c4ccccc4-c4ccccc4C54c5ccccc5-c5ccccc54)cc(-c4ccc5c(c4)oc4ccccc45)n3)c2)cc1. The fourth-order valence-corrected chi connectivity index (χ4v) is 23.1. The van der Waals surface area contributed by atoms with Gasteiger partial charge in [0, 0.05) is 54.9 Å². The molecule has 4 aliphatic rings. The molecule has 0 fully saturated rings. The lowest BCUT2D eigenvalue weighted by Crippen LogP contribution is -2.29. The van der Waals surface area contributed by atoms with Gasteiger partial charge in [-0.25, -0.2) is 19.9 Å². The third-order valence-corrected chi connectivity index (χ3v) is 29.1. The second kappa shape index (κ2) is 30.4. The number of fused-ring (bicyclic) bond motifs is 30. The van der Waals surface area contributed by atoms with Gasteiger partial charge in [0.05, 0.1) is 33.6 Å². The molecule has 4 aromatic heterocycles. The summed E-state index contributed by atoms with van der Waals surface area (Å²) in [5, 5.41) is 4.11. The third kappa shape index (κ3) is 11.9. The van der Waals surface area contributed by atoms with Crippen molar-refractivity contribution in [3.8, 4) is 190 Å². The van der Waals surface area contributed by atoms with E-state index in [0.717, 1.165) is 167 Å². The van der Waals surface area contributed by atoms with Crippen molar-refractivity contribution in [2.45, 2.75) is 10.8 Å². The molecule has 136 heavy (non-hydrogen) atoms. The lowest BCUT2D eigenvalue weighted by molar-refractivity contribution is 0.668. The molecule has 0 N–H and O–H groups in total. The zero-order valence-electron chi connectivity index (χ0n) is 73.6. The van der Waals surface area contributed by atoms with Crippen molar-refractivity contribution < 1.29 is 8.83 Å². The maximum atomic E-state index is 7.02. The second-order valence-electron chi connectivity index (χ2n) is 36.4. The van der Waals surface area contributed by atoms with Gasteiger partial charge in [-0.15, -0.1) is 0 Å². The van der Waals surface area contributed by atoms with Crippen LogP contribution in [0.3, 0.4) is 0 Å². The van der Waals surface area contributed by atoms with Gasteiger partial charge in [0.2, 0.25) is 0 Å². The summed E-state index contributed by atoms with van der Waals surface area (Å²) in [7, 11) is 0. The fourth-order valence-electron chi connectivity index (χ4n) is 23.1. The average Bonchev–Trinajstić information content (AvgIpc) is 1.52. The topological polar surface area (TPSA) is 77.8 Å². The Hall–Kier alpha value is -17.8. The molecule has 28 rings (SSSR count). The van der Waals surface area contributed by atoms with E-state index in [1.54, 1.807) is 0 Å². The van der Waals surface area contributed by atoms with Gasteiger partial charge in [-0.3, -0.25) is 0 Å². The van der Waals surface area contributed by atoms with Crippen molar-refractivity contribution in [1.82, 2.24) is 19.9 Å². The van der Waals surface area contributed by atoms with E-state index in [0.29, 0.717) is 11.6 Å². The Morgan fingerprint density at radius 2 is 0.390 bits per heavy atom. The highest BCUT2D eigenvalue weighted by Gasteiger charge is 2.52. The molecule has 0 atom stereocenters. The molecule has 24 aromatic rings. The van der Waals surface area contributed by atoms with Crippen LogP contribution in [0.4, 0.5) is 0 Å². The molecule has 0 saturated carbocycles. The van der Waals surface area contributed by atoms with Gasteiger partial charge in [-0.1, -0.05) is 358 Å². The minimum absolute atomic E-state index is 0.592. The highest BCUT2D eigenvalue weighted by atomic mass is 16.3. The largest absolute Gasteiger partial charge is 0.456 e. The molecule has 4 heterocycles. The second-order valence-corrected chi connectivity index (χ2v) is 36.4. The van der Waals surface area contributed by atoms with E-state index in [1.165, 1.54) is 100 Å². The summed E-state index contributed by atoms with van der Waals surface area (Å²) >= 11 is 0. The molecule has 0 bridgehead atoms. The van der Waals surface area contributed by atoms with Crippen LogP contribution in [0.25, 0.3) is 234 Å². The maximum Gasteiger partial charge on any atom is 0.160 e. The molecule has 0 amide bonds. The van der Waals surface area contributed by atoms with Gasteiger partial charge >= 0.3 is 0 Å².